The van der Waals surface area contributed by atoms with Gasteiger partial charge in [0.25, 0.3) is 0 Å². The summed E-state index contributed by atoms with van der Waals surface area (Å²) in [6.45, 7) is 0. The standard InChI is InChI=1S/C6H8N2O2S/c1-11-6-4(2-5(9)10)3-7-8-6/h3H,2H2,1H3,(H,7,8)(H,9,10). The molecular weight excluding hydrogens is 164 g/mol. The van der Waals surface area contributed by atoms with Gasteiger partial charge in [-0.25, -0.2) is 0 Å². The van der Waals surface area contributed by atoms with Crippen LogP contribution in [0.3, 0.4) is 0 Å². The Morgan fingerprint density at radius 3 is 3.18 bits per heavy atom. The van der Waals surface area contributed by atoms with Crippen molar-refractivity contribution in [1.29, 1.82) is 0 Å². The van der Waals surface area contributed by atoms with E-state index >= 15 is 0 Å². The van der Waals surface area contributed by atoms with E-state index in [1.54, 1.807) is 6.20 Å². The van der Waals surface area contributed by atoms with Crippen LogP contribution in [-0.2, 0) is 11.2 Å². The van der Waals surface area contributed by atoms with E-state index in [2.05, 4.69) is 10.2 Å². The summed E-state index contributed by atoms with van der Waals surface area (Å²) in [6.07, 6.45) is 3.45. The molecule has 0 bridgehead atoms. The summed E-state index contributed by atoms with van der Waals surface area (Å²) in [5, 5.41) is 15.7. The second kappa shape index (κ2) is 3.43. The average Bonchev–Trinajstić information content (AvgIpc) is 2.34. The monoisotopic (exact) mass is 172 g/mol. The fraction of sp³-hybridized carbons (Fsp3) is 0.333. The molecule has 1 rings (SSSR count). The zero-order valence-electron chi connectivity index (χ0n) is 6.00. The van der Waals surface area contributed by atoms with E-state index < -0.39 is 5.97 Å². The zero-order chi connectivity index (χ0) is 8.27. The second-order valence-corrected chi connectivity index (χ2v) is 2.82. The Morgan fingerprint density at radius 1 is 1.91 bits per heavy atom. The normalized spacial score (nSPS) is 9.91. The van der Waals surface area contributed by atoms with Gasteiger partial charge in [0.15, 0.2) is 0 Å². The molecule has 60 valence electrons. The molecule has 0 unspecified atom stereocenters. The highest BCUT2D eigenvalue weighted by molar-refractivity contribution is 7.98. The average molecular weight is 172 g/mol. The van der Waals surface area contributed by atoms with Gasteiger partial charge in [-0.3, -0.25) is 9.89 Å². The lowest BCUT2D eigenvalue weighted by Gasteiger charge is -1.93. The molecule has 0 aromatic carbocycles. The number of nitrogens with zero attached hydrogens (tertiary/aromatic N) is 1. The predicted molar refractivity (Wildman–Crippen MR) is 41.7 cm³/mol. The zero-order valence-corrected chi connectivity index (χ0v) is 6.81. The van der Waals surface area contributed by atoms with Gasteiger partial charge in [-0.05, 0) is 6.26 Å². The molecule has 0 aliphatic heterocycles. The number of H-pyrrole nitrogens is 1. The molecule has 4 nitrogen and oxygen atoms in total. The first-order valence-corrected chi connectivity index (χ1v) is 4.24. The molecule has 1 aromatic rings. The lowest BCUT2D eigenvalue weighted by Crippen LogP contribution is -1.99. The van der Waals surface area contributed by atoms with Crippen LogP contribution in [0, 0.1) is 0 Å². The number of carboxylic acid groups (broad SMARTS) is 1. The number of carboxylic acids is 1. The summed E-state index contributed by atoms with van der Waals surface area (Å²) in [6, 6.07) is 0. The van der Waals surface area contributed by atoms with E-state index in [0.717, 1.165) is 10.6 Å². The minimum absolute atomic E-state index is 0.0344. The number of hydrogen-bond donors (Lipinski definition) is 2. The van der Waals surface area contributed by atoms with Crippen LogP contribution < -0.4 is 0 Å². The van der Waals surface area contributed by atoms with Crippen molar-refractivity contribution in [2.24, 2.45) is 0 Å². The van der Waals surface area contributed by atoms with Gasteiger partial charge in [0, 0.05) is 5.56 Å². The smallest absolute Gasteiger partial charge is 0.307 e. The molecule has 0 aliphatic carbocycles. The summed E-state index contributed by atoms with van der Waals surface area (Å²) in [7, 11) is 0. The van der Waals surface area contributed by atoms with E-state index in [1.165, 1.54) is 11.8 Å². The maximum absolute atomic E-state index is 10.3. The van der Waals surface area contributed by atoms with Gasteiger partial charge < -0.3 is 5.11 Å². The van der Waals surface area contributed by atoms with Crippen molar-refractivity contribution < 1.29 is 9.90 Å². The number of carbonyl (C=O) groups is 1. The van der Waals surface area contributed by atoms with Crippen LogP contribution in [0.15, 0.2) is 11.2 Å². The van der Waals surface area contributed by atoms with Crippen LogP contribution in [0.1, 0.15) is 5.56 Å². The van der Waals surface area contributed by atoms with Crippen molar-refractivity contribution in [1.82, 2.24) is 10.2 Å². The van der Waals surface area contributed by atoms with Gasteiger partial charge in [-0.2, -0.15) is 5.10 Å². The van der Waals surface area contributed by atoms with Gasteiger partial charge in [0.05, 0.1) is 17.6 Å². The van der Waals surface area contributed by atoms with Crippen molar-refractivity contribution in [3.63, 3.8) is 0 Å². The molecule has 0 spiro atoms. The first-order chi connectivity index (χ1) is 5.24. The first kappa shape index (κ1) is 8.13. The van der Waals surface area contributed by atoms with Crippen LogP contribution in [-0.4, -0.2) is 27.5 Å². The van der Waals surface area contributed by atoms with E-state index in [0.29, 0.717) is 0 Å². The SMILES string of the molecule is CSc1[nH]ncc1CC(=O)O. The Labute approximate surface area is 68.0 Å². The number of aromatic nitrogens is 2. The minimum atomic E-state index is -0.832. The summed E-state index contributed by atoms with van der Waals surface area (Å²) in [5.74, 6) is -0.832. The number of nitrogens with one attached hydrogen (secondary N) is 1. The molecule has 2 N–H and O–H groups in total. The highest BCUT2D eigenvalue weighted by atomic mass is 32.2. The molecule has 5 heteroatoms. The van der Waals surface area contributed by atoms with Crippen LogP contribution in [0.5, 0.6) is 0 Å². The van der Waals surface area contributed by atoms with E-state index in [9.17, 15) is 4.79 Å². The number of aliphatic carboxylic acids is 1. The van der Waals surface area contributed by atoms with Crippen LogP contribution in [0.25, 0.3) is 0 Å². The van der Waals surface area contributed by atoms with Gasteiger partial charge >= 0.3 is 5.97 Å². The van der Waals surface area contributed by atoms with Gasteiger partial charge in [0.2, 0.25) is 0 Å². The molecule has 0 atom stereocenters. The predicted octanol–water partition coefficient (Wildman–Crippen LogP) is 0.759. The van der Waals surface area contributed by atoms with Crippen molar-refractivity contribution in [2.45, 2.75) is 11.4 Å². The lowest BCUT2D eigenvalue weighted by molar-refractivity contribution is -0.136. The van der Waals surface area contributed by atoms with Gasteiger partial charge in [-0.1, -0.05) is 0 Å². The maximum Gasteiger partial charge on any atom is 0.307 e. The third-order valence-corrected chi connectivity index (χ3v) is 1.99. The van der Waals surface area contributed by atoms with Crippen molar-refractivity contribution in [3.8, 4) is 0 Å². The molecule has 11 heavy (non-hydrogen) atoms. The minimum Gasteiger partial charge on any atom is -0.481 e. The third kappa shape index (κ3) is 1.98. The summed E-state index contributed by atoms with van der Waals surface area (Å²) in [5.41, 5.74) is 0.741. The molecule has 0 fully saturated rings. The van der Waals surface area contributed by atoms with E-state index in [-0.39, 0.29) is 6.42 Å². The molecule has 0 amide bonds. The van der Waals surface area contributed by atoms with Gasteiger partial charge in [-0.15, -0.1) is 11.8 Å². The van der Waals surface area contributed by atoms with Crippen LogP contribution in [0.2, 0.25) is 0 Å². The summed E-state index contributed by atoms with van der Waals surface area (Å²) in [4.78, 5) is 10.3. The molecule has 0 radical (unpaired) electrons. The Kier molecular flexibility index (Phi) is 2.53. The molecule has 1 aromatic heterocycles. The Morgan fingerprint density at radius 2 is 2.64 bits per heavy atom. The van der Waals surface area contributed by atoms with E-state index in [4.69, 9.17) is 5.11 Å². The van der Waals surface area contributed by atoms with Crippen molar-refractivity contribution in [2.75, 3.05) is 6.26 Å². The number of aromatic amines is 1. The van der Waals surface area contributed by atoms with Crippen molar-refractivity contribution in [3.05, 3.63) is 11.8 Å². The molecule has 0 saturated heterocycles. The first-order valence-electron chi connectivity index (χ1n) is 3.02. The molecule has 0 aliphatic rings. The van der Waals surface area contributed by atoms with Crippen molar-refractivity contribution >= 4 is 17.7 Å². The second-order valence-electron chi connectivity index (χ2n) is 2.00. The Hall–Kier alpha value is -0.970. The quantitative estimate of drug-likeness (QED) is 0.660. The Bertz CT molecular complexity index is 259. The summed E-state index contributed by atoms with van der Waals surface area (Å²) < 4.78 is 0. The topological polar surface area (TPSA) is 66.0 Å². The van der Waals surface area contributed by atoms with Crippen LogP contribution in [0.4, 0.5) is 0 Å². The largest absolute Gasteiger partial charge is 0.481 e. The third-order valence-electron chi connectivity index (χ3n) is 1.22. The summed E-state index contributed by atoms with van der Waals surface area (Å²) >= 11 is 1.46. The van der Waals surface area contributed by atoms with Gasteiger partial charge in [0.1, 0.15) is 0 Å². The highest BCUT2D eigenvalue weighted by Crippen LogP contribution is 2.16. The number of hydrogen-bond acceptors (Lipinski definition) is 3. The number of rotatable bonds is 3. The lowest BCUT2D eigenvalue weighted by atomic mass is 10.3. The molecule has 1 heterocycles. The Balaban J connectivity index is 2.76. The fourth-order valence-electron chi connectivity index (χ4n) is 0.765. The van der Waals surface area contributed by atoms with E-state index in [1.807, 2.05) is 6.26 Å². The fourth-order valence-corrected chi connectivity index (χ4v) is 1.30. The molecular formula is C6H8N2O2S. The maximum atomic E-state index is 10.3. The molecule has 0 saturated carbocycles. The highest BCUT2D eigenvalue weighted by Gasteiger charge is 2.06. The number of thioether (sulfide) groups is 1. The van der Waals surface area contributed by atoms with Crippen LogP contribution >= 0.6 is 11.8 Å².